The summed E-state index contributed by atoms with van der Waals surface area (Å²) in [7, 11) is 0. The van der Waals surface area contributed by atoms with Gasteiger partial charge in [-0.25, -0.2) is 15.0 Å². The normalized spacial score (nSPS) is 12.0. The largest absolute Gasteiger partial charge is 0.456 e. The van der Waals surface area contributed by atoms with Gasteiger partial charge in [0.1, 0.15) is 27.9 Å². The average molecular weight is 1840 g/mol. The van der Waals surface area contributed by atoms with Crippen molar-refractivity contribution in [1.82, 2.24) is 55.6 Å². The summed E-state index contributed by atoms with van der Waals surface area (Å²) >= 11 is 0. The topological polar surface area (TPSA) is 121 Å². The lowest BCUT2D eigenvalue weighted by molar-refractivity contribution is 0.666. The minimum atomic E-state index is 0.880. The molecule has 0 atom stereocenters. The van der Waals surface area contributed by atoms with E-state index in [1.807, 2.05) is 60.7 Å². The fourth-order valence-corrected chi connectivity index (χ4v) is 22.2. The molecule has 0 saturated carbocycles. The van der Waals surface area contributed by atoms with Gasteiger partial charge in [-0.1, -0.05) is 236 Å². The van der Waals surface area contributed by atoms with E-state index in [1.165, 1.54) is 116 Å². The standard InChI is InChI=1S/C31H22N2.2C26H17N3O.C25H17NO.C20H15N3/c1-21-15-17-30-26(19-21)24-11-5-8-14-29(24)33(30)23-16-18-31-27(20-23)25-12-6-7-13-28(25)32(31)22-9-3-2-4-10-22;1-16-13-14-21-23(15-16)28-20-10-4-3-9-19(20)27-26(28)29(21)22-11-6-8-18-17-7-2-5-12-24(17)30-25(18)22;1-16-10-12-22-23(14-16)29-21-8-4-3-7-20(21)27-26(29)28(22)17-11-13-25-19(15-17)18-6-2-5-9-24(18)30-25;1-16-10-12-23-20(14-16)18-6-2-4-8-22(18)26(23)17-11-13-25-21(15-17)19-7-3-5-9-24(19)27-25;1-14-11-12-18-19(13-14)23-17-10-6-5-9-16(17)21-20(23)22(18)15-7-3-2-4-8-15/h2-20H,1H3;2*2-15H,1H3;2-15H,1H3;2-13H,1H3. The number of hydrogen-bond acceptors (Lipinski definition) is 6. The number of furan rings is 3. The lowest BCUT2D eigenvalue weighted by Gasteiger charge is -2.10. The Kier molecular flexibility index (Phi) is 18.8. The highest BCUT2D eigenvalue weighted by Gasteiger charge is 2.26. The molecule has 0 radical (unpaired) electrons. The zero-order chi connectivity index (χ0) is 94.9. The van der Waals surface area contributed by atoms with Crippen LogP contribution >= 0.6 is 0 Å². The summed E-state index contributed by atoms with van der Waals surface area (Å²) in [5, 5.41) is 14.5. The van der Waals surface area contributed by atoms with Crippen LogP contribution in [0.4, 0.5) is 0 Å². The Morgan fingerprint density at radius 3 is 0.881 bits per heavy atom. The van der Waals surface area contributed by atoms with Crippen LogP contribution in [0.2, 0.25) is 0 Å². The van der Waals surface area contributed by atoms with Gasteiger partial charge in [-0.2, -0.15) is 0 Å². The summed E-state index contributed by atoms with van der Waals surface area (Å²) in [6.07, 6.45) is 0. The summed E-state index contributed by atoms with van der Waals surface area (Å²) < 4.78 is 39.0. The van der Waals surface area contributed by atoms with Crippen molar-refractivity contribution in [2.45, 2.75) is 34.6 Å². The smallest absolute Gasteiger partial charge is 0.220 e. The summed E-state index contributed by atoms with van der Waals surface area (Å²) in [4.78, 5) is 14.9. The molecule has 15 nitrogen and oxygen atoms in total. The van der Waals surface area contributed by atoms with Gasteiger partial charge in [-0.15, -0.1) is 0 Å². The molecule has 0 aliphatic carbocycles. The van der Waals surface area contributed by atoms with Crippen LogP contribution in [-0.2, 0) is 0 Å². The monoisotopic (exact) mass is 1840 g/mol. The third-order valence-corrected chi connectivity index (χ3v) is 28.5. The highest BCUT2D eigenvalue weighted by molar-refractivity contribution is 6.15. The molecular weight excluding hydrogens is 1750 g/mol. The SMILES string of the molecule is Cc1ccc2c(c1)c1ccccc1n2-c1ccc2c(c1)c1ccccc1n2-c1ccccc1.Cc1ccc2c(c1)c1ccccc1n2-c1ccc2oc3ccccc3c2c1.Cc1ccc2c(c1)n1c3ccccc3nc1n2-c1ccc2oc3ccccc3c2c1.Cc1ccc2c(c1)n1c3ccccc3nc1n2-c1cccc2c1oc1ccccc12.Cc1ccc2c(c1)n1c3ccccc3nc1n2-c1ccccc1. The second kappa shape index (κ2) is 32.6. The van der Waals surface area contributed by atoms with E-state index in [9.17, 15) is 0 Å². The first kappa shape index (κ1) is 82.3. The van der Waals surface area contributed by atoms with E-state index in [4.69, 9.17) is 28.2 Å². The van der Waals surface area contributed by atoms with Gasteiger partial charge < -0.3 is 27.0 Å². The van der Waals surface area contributed by atoms with Crippen LogP contribution in [0.15, 0.2) is 456 Å². The zero-order valence-electron chi connectivity index (χ0n) is 78.7. The molecule has 20 aromatic carbocycles. The van der Waals surface area contributed by atoms with Crippen molar-refractivity contribution < 1.29 is 13.3 Å². The molecule has 32 rings (SSSR count). The van der Waals surface area contributed by atoms with E-state index in [0.29, 0.717) is 0 Å². The molecule has 15 heteroatoms. The fraction of sp³-hybridized carbons (Fsp3) is 0.0391. The van der Waals surface area contributed by atoms with Crippen molar-refractivity contribution in [2.75, 3.05) is 0 Å². The van der Waals surface area contributed by atoms with E-state index >= 15 is 0 Å². The molecule has 0 fully saturated rings. The number of aromatic nitrogens is 12. The molecule has 0 saturated heterocycles. The first-order valence-corrected chi connectivity index (χ1v) is 48.5. The first-order valence-electron chi connectivity index (χ1n) is 48.5. The van der Waals surface area contributed by atoms with Gasteiger partial charge in [0.05, 0.1) is 111 Å². The summed E-state index contributed by atoms with van der Waals surface area (Å²) in [6, 6.07) is 156. The Hall–Kier alpha value is -19.0. The maximum Gasteiger partial charge on any atom is 0.220 e. The number of hydrogen-bond donors (Lipinski definition) is 0. The predicted molar refractivity (Wildman–Crippen MR) is 590 cm³/mol. The molecule has 0 N–H and O–H groups in total. The molecule has 143 heavy (non-hydrogen) atoms. The maximum atomic E-state index is 6.35. The van der Waals surface area contributed by atoms with Crippen LogP contribution < -0.4 is 0 Å². The van der Waals surface area contributed by atoms with Gasteiger partial charge in [0.25, 0.3) is 0 Å². The summed E-state index contributed by atoms with van der Waals surface area (Å²) in [5.74, 6) is 2.77. The Labute approximate surface area is 817 Å². The molecule has 0 unspecified atom stereocenters. The van der Waals surface area contributed by atoms with Crippen molar-refractivity contribution in [1.29, 1.82) is 0 Å². The highest BCUT2D eigenvalue weighted by Crippen LogP contribution is 2.44. The van der Waals surface area contributed by atoms with Crippen molar-refractivity contribution in [3.8, 4) is 34.1 Å². The number of rotatable bonds is 6. The van der Waals surface area contributed by atoms with Gasteiger partial charge in [0, 0.05) is 87.4 Å². The molecular formula is C128H88N12O3. The molecule has 0 aliphatic heterocycles. The number of fused-ring (bicyclic) bond motifs is 33. The van der Waals surface area contributed by atoms with Crippen LogP contribution in [0.25, 0.3) is 249 Å². The molecule has 0 spiro atoms. The maximum absolute atomic E-state index is 6.35. The van der Waals surface area contributed by atoms with Gasteiger partial charge >= 0.3 is 0 Å². The van der Waals surface area contributed by atoms with E-state index in [2.05, 4.69) is 457 Å². The van der Waals surface area contributed by atoms with Crippen molar-refractivity contribution >= 4 is 215 Å². The lowest BCUT2D eigenvalue weighted by atomic mass is 10.1. The van der Waals surface area contributed by atoms with Crippen molar-refractivity contribution in [3.05, 3.63) is 471 Å². The van der Waals surface area contributed by atoms with Crippen molar-refractivity contribution in [2.24, 2.45) is 0 Å². The third-order valence-electron chi connectivity index (χ3n) is 28.5. The third kappa shape index (κ3) is 13.2. The van der Waals surface area contributed by atoms with Crippen LogP contribution in [0, 0.1) is 34.6 Å². The average Bonchev–Trinajstić information content (AvgIpc) is 1.47. The number of benzene rings is 20. The van der Waals surface area contributed by atoms with Gasteiger partial charge in [0.15, 0.2) is 5.58 Å². The van der Waals surface area contributed by atoms with E-state index < -0.39 is 0 Å². The number of aryl methyl sites for hydroxylation is 5. The number of imidazole rings is 6. The number of para-hydroxylation sites is 15. The van der Waals surface area contributed by atoms with Crippen molar-refractivity contribution in [3.63, 3.8) is 0 Å². The molecule has 0 amide bonds. The molecule has 0 aliphatic rings. The summed E-state index contributed by atoms with van der Waals surface area (Å²) in [6.45, 7) is 10.7. The van der Waals surface area contributed by atoms with Gasteiger partial charge in [-0.3, -0.25) is 26.9 Å². The van der Waals surface area contributed by atoms with E-state index in [-0.39, 0.29) is 0 Å². The van der Waals surface area contributed by atoms with Gasteiger partial charge in [-0.05, 0) is 270 Å². The van der Waals surface area contributed by atoms with E-state index in [0.717, 1.165) is 161 Å². The van der Waals surface area contributed by atoms with Crippen LogP contribution in [0.1, 0.15) is 27.8 Å². The first-order chi connectivity index (χ1) is 70.5. The quantitative estimate of drug-likeness (QED) is 0.163. The van der Waals surface area contributed by atoms with Crippen LogP contribution in [-0.4, -0.2) is 55.6 Å². The Morgan fingerprint density at radius 2 is 0.441 bits per heavy atom. The fourth-order valence-electron chi connectivity index (χ4n) is 22.2. The second-order valence-electron chi connectivity index (χ2n) is 37.5. The lowest BCUT2D eigenvalue weighted by Crippen LogP contribution is -1.95. The van der Waals surface area contributed by atoms with Crippen LogP contribution in [0.3, 0.4) is 0 Å². The predicted octanol–water partition coefficient (Wildman–Crippen LogP) is 33.2. The minimum absolute atomic E-state index is 0.880. The molecule has 0 bridgehead atoms. The summed E-state index contributed by atoms with van der Waals surface area (Å²) in [5.41, 5.74) is 39.2. The Bertz CT molecular complexity index is 10800. The molecule has 12 heterocycles. The van der Waals surface area contributed by atoms with E-state index in [1.54, 1.807) is 0 Å². The zero-order valence-corrected chi connectivity index (χ0v) is 78.7. The number of nitrogens with zero attached hydrogens (tertiary/aromatic N) is 12. The molecule has 32 aromatic rings. The molecule has 12 aromatic heterocycles. The second-order valence-corrected chi connectivity index (χ2v) is 37.5. The van der Waals surface area contributed by atoms with Gasteiger partial charge in [0.2, 0.25) is 17.3 Å². The Balaban J connectivity index is 0.0000000875. The molecule has 678 valence electrons. The van der Waals surface area contributed by atoms with Crippen LogP contribution in [0.5, 0.6) is 0 Å². The minimum Gasteiger partial charge on any atom is -0.456 e. The Morgan fingerprint density at radius 1 is 0.161 bits per heavy atom. The highest BCUT2D eigenvalue weighted by atomic mass is 16.3.